The number of nitrogens with two attached hydrogens (primary N) is 2. The van der Waals surface area contributed by atoms with E-state index in [9.17, 15) is 9.59 Å². The van der Waals surface area contributed by atoms with Crippen LogP contribution in [0.1, 0.15) is 15.9 Å². The van der Waals surface area contributed by atoms with Crippen LogP contribution in [-0.4, -0.2) is 11.9 Å². The second-order valence-corrected chi connectivity index (χ2v) is 4.48. The number of carbonyl (C=O) groups is 2. The van der Waals surface area contributed by atoms with E-state index in [2.05, 4.69) is 10.6 Å². The maximum Gasteiger partial charge on any atom is 0.316 e. The number of hydrogen-bond donors (Lipinski definition) is 4. The molecule has 0 bridgehead atoms. The summed E-state index contributed by atoms with van der Waals surface area (Å²) in [6.07, 6.45) is 0. The fourth-order valence-electron chi connectivity index (χ4n) is 1.80. The van der Waals surface area contributed by atoms with E-state index in [1.165, 1.54) is 0 Å². The third-order valence-corrected chi connectivity index (χ3v) is 2.89. The molecule has 0 fully saturated rings. The van der Waals surface area contributed by atoms with E-state index in [0.717, 1.165) is 11.3 Å². The van der Waals surface area contributed by atoms with Crippen molar-refractivity contribution in [3.05, 3.63) is 59.7 Å². The Morgan fingerprint density at radius 2 is 1.43 bits per heavy atom. The van der Waals surface area contributed by atoms with Gasteiger partial charge in [-0.25, -0.2) is 4.79 Å². The molecule has 21 heavy (non-hydrogen) atoms. The molecule has 6 heteroatoms. The Bertz CT molecular complexity index is 636. The summed E-state index contributed by atoms with van der Waals surface area (Å²) in [6, 6.07) is 13.7. The van der Waals surface area contributed by atoms with Crippen molar-refractivity contribution in [2.24, 2.45) is 11.5 Å². The van der Waals surface area contributed by atoms with Gasteiger partial charge in [-0.2, -0.15) is 0 Å². The molecule has 0 aliphatic carbocycles. The van der Waals surface area contributed by atoms with Gasteiger partial charge in [-0.05, 0) is 42.0 Å². The molecule has 2 rings (SSSR count). The van der Waals surface area contributed by atoms with Crippen LogP contribution in [0.2, 0.25) is 0 Å². The van der Waals surface area contributed by atoms with Gasteiger partial charge < -0.3 is 22.1 Å². The SMILES string of the molecule is NC(=O)Nc1ccc(NCc2ccc(C(N)=O)cc2)cc1. The number of carbonyl (C=O) groups excluding carboxylic acids is 2. The summed E-state index contributed by atoms with van der Waals surface area (Å²) in [5, 5.41) is 5.72. The van der Waals surface area contributed by atoms with Crippen LogP contribution in [0, 0.1) is 0 Å². The van der Waals surface area contributed by atoms with Gasteiger partial charge in [0.05, 0.1) is 0 Å². The minimum Gasteiger partial charge on any atom is -0.381 e. The molecule has 0 aliphatic rings. The van der Waals surface area contributed by atoms with E-state index >= 15 is 0 Å². The molecular weight excluding hydrogens is 268 g/mol. The minimum atomic E-state index is -0.592. The van der Waals surface area contributed by atoms with Crippen LogP contribution in [0.4, 0.5) is 16.2 Å². The normalized spacial score (nSPS) is 9.90. The largest absolute Gasteiger partial charge is 0.381 e. The Kier molecular flexibility index (Phi) is 4.40. The van der Waals surface area contributed by atoms with Crippen molar-refractivity contribution in [3.63, 3.8) is 0 Å². The molecule has 0 radical (unpaired) electrons. The third-order valence-electron chi connectivity index (χ3n) is 2.89. The Morgan fingerprint density at radius 3 is 1.95 bits per heavy atom. The zero-order valence-corrected chi connectivity index (χ0v) is 11.3. The Morgan fingerprint density at radius 1 is 0.857 bits per heavy atom. The lowest BCUT2D eigenvalue weighted by Crippen LogP contribution is -2.19. The first-order chi connectivity index (χ1) is 10.0. The average molecular weight is 284 g/mol. The summed E-state index contributed by atoms with van der Waals surface area (Å²) in [6.45, 7) is 0.613. The molecule has 3 amide bonds. The van der Waals surface area contributed by atoms with Crippen molar-refractivity contribution in [3.8, 4) is 0 Å². The Labute approximate surface area is 122 Å². The third kappa shape index (κ3) is 4.24. The number of nitrogens with one attached hydrogen (secondary N) is 2. The molecule has 0 unspecified atom stereocenters. The van der Waals surface area contributed by atoms with Gasteiger partial charge in [0.2, 0.25) is 5.91 Å². The highest BCUT2D eigenvalue weighted by Crippen LogP contribution is 2.14. The predicted molar refractivity (Wildman–Crippen MR) is 81.9 cm³/mol. The van der Waals surface area contributed by atoms with Gasteiger partial charge >= 0.3 is 6.03 Å². The lowest BCUT2D eigenvalue weighted by Gasteiger charge is -2.08. The van der Waals surface area contributed by atoms with Crippen molar-refractivity contribution in [2.45, 2.75) is 6.54 Å². The molecule has 0 heterocycles. The molecule has 0 aliphatic heterocycles. The molecule has 108 valence electrons. The number of amides is 3. The summed E-state index contributed by atoms with van der Waals surface area (Å²) in [7, 11) is 0. The van der Waals surface area contributed by atoms with Crippen LogP contribution in [0.5, 0.6) is 0 Å². The quantitative estimate of drug-likeness (QED) is 0.672. The maximum absolute atomic E-state index is 11.0. The number of benzene rings is 2. The van der Waals surface area contributed by atoms with E-state index in [1.807, 2.05) is 24.3 Å². The van der Waals surface area contributed by atoms with Crippen molar-refractivity contribution < 1.29 is 9.59 Å². The van der Waals surface area contributed by atoms with Crippen LogP contribution < -0.4 is 22.1 Å². The molecule has 2 aromatic rings. The highest BCUT2D eigenvalue weighted by molar-refractivity contribution is 5.92. The first kappa shape index (κ1) is 14.4. The first-order valence-electron chi connectivity index (χ1n) is 6.34. The van der Waals surface area contributed by atoms with Crippen LogP contribution in [0.3, 0.4) is 0 Å². The van der Waals surface area contributed by atoms with Crippen molar-refractivity contribution in [1.82, 2.24) is 0 Å². The van der Waals surface area contributed by atoms with Gasteiger partial charge in [-0.1, -0.05) is 12.1 Å². The molecule has 2 aromatic carbocycles. The summed E-state index contributed by atoms with van der Waals surface area (Å²) >= 11 is 0. The van der Waals surface area contributed by atoms with Crippen LogP contribution in [-0.2, 0) is 6.54 Å². The zero-order valence-electron chi connectivity index (χ0n) is 11.3. The summed E-state index contributed by atoms with van der Waals surface area (Å²) in [5.41, 5.74) is 13.3. The Hall–Kier alpha value is -3.02. The standard InChI is InChI=1S/C15H16N4O2/c16-14(20)11-3-1-10(2-4-11)9-18-12-5-7-13(8-6-12)19-15(17)21/h1-8,18H,9H2,(H2,16,20)(H3,17,19,21). The van der Waals surface area contributed by atoms with Gasteiger partial charge in [-0.3, -0.25) is 4.79 Å². The van der Waals surface area contributed by atoms with Crippen molar-refractivity contribution >= 4 is 23.3 Å². The van der Waals surface area contributed by atoms with Gasteiger partial charge in [0.1, 0.15) is 0 Å². The fourth-order valence-corrected chi connectivity index (χ4v) is 1.80. The van der Waals surface area contributed by atoms with Crippen molar-refractivity contribution in [2.75, 3.05) is 10.6 Å². The smallest absolute Gasteiger partial charge is 0.316 e. The molecule has 0 atom stereocenters. The topological polar surface area (TPSA) is 110 Å². The second-order valence-electron chi connectivity index (χ2n) is 4.48. The summed E-state index contributed by atoms with van der Waals surface area (Å²) in [4.78, 5) is 21.7. The first-order valence-corrected chi connectivity index (χ1v) is 6.34. The molecule has 0 saturated carbocycles. The highest BCUT2D eigenvalue weighted by atomic mass is 16.2. The van der Waals surface area contributed by atoms with Gasteiger partial charge in [0.25, 0.3) is 0 Å². The highest BCUT2D eigenvalue weighted by Gasteiger charge is 2.00. The molecule has 0 spiro atoms. The molecular formula is C15H16N4O2. The number of hydrogen-bond acceptors (Lipinski definition) is 3. The van der Waals surface area contributed by atoms with Gasteiger partial charge in [0.15, 0.2) is 0 Å². The van der Waals surface area contributed by atoms with E-state index in [-0.39, 0.29) is 0 Å². The van der Waals surface area contributed by atoms with Crippen LogP contribution >= 0.6 is 0 Å². The van der Waals surface area contributed by atoms with E-state index < -0.39 is 11.9 Å². The van der Waals surface area contributed by atoms with E-state index in [1.54, 1.807) is 24.3 Å². The number of anilines is 2. The lowest BCUT2D eigenvalue weighted by atomic mass is 10.1. The van der Waals surface area contributed by atoms with Gasteiger partial charge in [0, 0.05) is 23.5 Å². The molecule has 6 nitrogen and oxygen atoms in total. The number of primary amides is 2. The Balaban J connectivity index is 1.93. The van der Waals surface area contributed by atoms with E-state index in [0.29, 0.717) is 17.8 Å². The summed E-state index contributed by atoms with van der Waals surface area (Å²) < 4.78 is 0. The van der Waals surface area contributed by atoms with Crippen LogP contribution in [0.15, 0.2) is 48.5 Å². The molecule has 0 saturated heterocycles. The molecule has 6 N–H and O–H groups in total. The second kappa shape index (κ2) is 6.42. The lowest BCUT2D eigenvalue weighted by molar-refractivity contribution is 0.100. The fraction of sp³-hybridized carbons (Fsp3) is 0.0667. The van der Waals surface area contributed by atoms with E-state index in [4.69, 9.17) is 11.5 Å². The summed E-state index contributed by atoms with van der Waals surface area (Å²) in [5.74, 6) is -0.438. The monoisotopic (exact) mass is 284 g/mol. The zero-order chi connectivity index (χ0) is 15.2. The minimum absolute atomic E-state index is 0.438. The molecule has 0 aromatic heterocycles. The number of urea groups is 1. The van der Waals surface area contributed by atoms with Crippen LogP contribution in [0.25, 0.3) is 0 Å². The van der Waals surface area contributed by atoms with Gasteiger partial charge in [-0.15, -0.1) is 0 Å². The van der Waals surface area contributed by atoms with Crippen molar-refractivity contribution in [1.29, 1.82) is 0 Å². The predicted octanol–water partition coefficient (Wildman–Crippen LogP) is 1.89. The average Bonchev–Trinajstić information content (AvgIpc) is 2.46. The maximum atomic E-state index is 11.0. The number of rotatable bonds is 5.